The first kappa shape index (κ1) is 21.1. The molecule has 4 heteroatoms. The predicted molar refractivity (Wildman–Crippen MR) is 116 cm³/mol. The summed E-state index contributed by atoms with van der Waals surface area (Å²) < 4.78 is 11.2. The zero-order chi connectivity index (χ0) is 21.2. The van der Waals surface area contributed by atoms with Crippen LogP contribution in [-0.4, -0.2) is 12.4 Å². The van der Waals surface area contributed by atoms with Crippen LogP contribution in [0.4, 0.5) is 0 Å². The van der Waals surface area contributed by atoms with Gasteiger partial charge in [0.25, 0.3) is 0 Å². The first-order chi connectivity index (χ1) is 13.7. The number of Topliss-reactive ketones (excluding diaryl/α,β-unsaturated/α-hetero) is 1. The maximum Gasteiger partial charge on any atom is 0.339 e. The molecule has 0 unspecified atom stereocenters. The third-order valence-electron chi connectivity index (χ3n) is 6.19. The molecule has 0 spiro atoms. The summed E-state index contributed by atoms with van der Waals surface area (Å²) in [6.45, 7) is 12.7. The summed E-state index contributed by atoms with van der Waals surface area (Å²) in [5, 5.41) is 0.830. The van der Waals surface area contributed by atoms with Crippen LogP contribution in [0.5, 0.6) is 5.75 Å². The minimum atomic E-state index is -0.415. The zero-order valence-corrected chi connectivity index (χ0v) is 17.8. The van der Waals surface area contributed by atoms with Crippen LogP contribution < -0.4 is 10.4 Å². The molecule has 1 aliphatic carbocycles. The highest BCUT2D eigenvalue weighted by molar-refractivity contribution is 5.87. The highest BCUT2D eigenvalue weighted by Gasteiger charge is 2.40. The number of fused-ring (bicyclic) bond motifs is 1. The topological polar surface area (TPSA) is 56.5 Å². The SMILES string of the molecule is C=C1CCC(=O)C(C)(C)[C@@H]1CCC(C)=CCOc1cc(=O)oc2cccc(C)c12. The molecule has 2 aromatic rings. The van der Waals surface area contributed by atoms with Crippen molar-refractivity contribution in [2.45, 2.75) is 53.4 Å². The second-order valence-corrected chi connectivity index (χ2v) is 8.63. The summed E-state index contributed by atoms with van der Waals surface area (Å²) in [4.78, 5) is 24.1. The van der Waals surface area contributed by atoms with Crippen LogP contribution in [-0.2, 0) is 4.79 Å². The lowest BCUT2D eigenvalue weighted by Crippen LogP contribution is -2.38. The second-order valence-electron chi connectivity index (χ2n) is 8.63. The molecule has 0 bridgehead atoms. The van der Waals surface area contributed by atoms with E-state index in [1.165, 1.54) is 17.2 Å². The summed E-state index contributed by atoms with van der Waals surface area (Å²) in [5.74, 6) is 1.11. The Morgan fingerprint density at radius 1 is 1.31 bits per heavy atom. The molecular formula is C25H30O4. The van der Waals surface area contributed by atoms with Gasteiger partial charge in [0, 0.05) is 11.8 Å². The van der Waals surface area contributed by atoms with Crippen LogP contribution in [0.25, 0.3) is 11.0 Å². The number of ether oxygens (including phenoxy) is 1. The number of carbonyl (C=O) groups excluding carboxylic acids is 1. The molecule has 4 nitrogen and oxygen atoms in total. The lowest BCUT2D eigenvalue weighted by atomic mass is 9.64. The molecule has 0 saturated heterocycles. The maximum atomic E-state index is 12.3. The third-order valence-corrected chi connectivity index (χ3v) is 6.19. The highest BCUT2D eigenvalue weighted by Crippen LogP contribution is 2.43. The van der Waals surface area contributed by atoms with Gasteiger partial charge in [-0.25, -0.2) is 4.79 Å². The molecule has 1 heterocycles. The minimum Gasteiger partial charge on any atom is -0.488 e. The Kier molecular flexibility index (Phi) is 6.11. The number of aryl methyl sites for hydroxylation is 1. The van der Waals surface area contributed by atoms with Gasteiger partial charge in [-0.15, -0.1) is 0 Å². The quantitative estimate of drug-likeness (QED) is 0.461. The molecule has 1 aromatic carbocycles. The van der Waals surface area contributed by atoms with Crippen molar-refractivity contribution in [1.29, 1.82) is 0 Å². The normalized spacial score (nSPS) is 19.6. The molecule has 3 rings (SSSR count). The molecule has 1 atom stereocenters. The summed E-state index contributed by atoms with van der Waals surface area (Å²) in [6, 6.07) is 7.01. The Morgan fingerprint density at radius 2 is 2.07 bits per heavy atom. The predicted octanol–water partition coefficient (Wildman–Crippen LogP) is 5.77. The first-order valence-electron chi connectivity index (χ1n) is 10.2. The second kappa shape index (κ2) is 8.40. The summed E-state index contributed by atoms with van der Waals surface area (Å²) in [5.41, 5.74) is 3.19. The van der Waals surface area contributed by atoms with E-state index < -0.39 is 5.63 Å². The number of hydrogen-bond acceptors (Lipinski definition) is 4. The van der Waals surface area contributed by atoms with E-state index in [9.17, 15) is 9.59 Å². The van der Waals surface area contributed by atoms with Crippen molar-refractivity contribution in [3.8, 4) is 5.75 Å². The molecule has 29 heavy (non-hydrogen) atoms. The smallest absolute Gasteiger partial charge is 0.339 e. The first-order valence-corrected chi connectivity index (χ1v) is 10.2. The van der Waals surface area contributed by atoms with Gasteiger partial charge in [-0.05, 0) is 56.7 Å². The van der Waals surface area contributed by atoms with E-state index in [2.05, 4.69) is 13.5 Å². The Labute approximate surface area is 172 Å². The lowest BCUT2D eigenvalue weighted by Gasteiger charge is -2.39. The molecule has 0 amide bonds. The van der Waals surface area contributed by atoms with Gasteiger partial charge in [-0.1, -0.05) is 43.7 Å². The fourth-order valence-electron chi connectivity index (χ4n) is 4.26. The number of allylic oxidation sites excluding steroid dienone is 2. The molecular weight excluding hydrogens is 364 g/mol. The van der Waals surface area contributed by atoms with E-state index in [1.807, 2.05) is 39.0 Å². The van der Waals surface area contributed by atoms with E-state index >= 15 is 0 Å². The third kappa shape index (κ3) is 4.52. The molecule has 1 saturated carbocycles. The van der Waals surface area contributed by atoms with Crippen LogP contribution in [0.2, 0.25) is 0 Å². The van der Waals surface area contributed by atoms with Crippen molar-refractivity contribution in [3.05, 3.63) is 64.1 Å². The summed E-state index contributed by atoms with van der Waals surface area (Å²) >= 11 is 0. The number of carbonyl (C=O) groups is 1. The fraction of sp³-hybridized carbons (Fsp3) is 0.440. The van der Waals surface area contributed by atoms with Gasteiger partial charge in [0.1, 0.15) is 23.7 Å². The van der Waals surface area contributed by atoms with Crippen molar-refractivity contribution in [2.24, 2.45) is 11.3 Å². The summed E-state index contributed by atoms with van der Waals surface area (Å²) in [7, 11) is 0. The highest BCUT2D eigenvalue weighted by atomic mass is 16.5. The molecule has 0 radical (unpaired) electrons. The van der Waals surface area contributed by atoms with Gasteiger partial charge in [0.05, 0.1) is 11.5 Å². The largest absolute Gasteiger partial charge is 0.488 e. The Hall–Kier alpha value is -2.62. The fourth-order valence-corrected chi connectivity index (χ4v) is 4.26. The zero-order valence-electron chi connectivity index (χ0n) is 17.8. The average molecular weight is 395 g/mol. The number of ketones is 1. The van der Waals surface area contributed by atoms with Crippen molar-refractivity contribution >= 4 is 16.8 Å². The van der Waals surface area contributed by atoms with Gasteiger partial charge in [0.15, 0.2) is 0 Å². The van der Waals surface area contributed by atoms with E-state index in [-0.39, 0.29) is 11.3 Å². The van der Waals surface area contributed by atoms with Crippen molar-refractivity contribution in [3.63, 3.8) is 0 Å². The molecule has 1 fully saturated rings. The van der Waals surface area contributed by atoms with Gasteiger partial charge in [-0.2, -0.15) is 0 Å². The summed E-state index contributed by atoms with van der Waals surface area (Å²) in [6.07, 6.45) is 5.27. The van der Waals surface area contributed by atoms with Crippen LogP contribution in [0.1, 0.15) is 52.0 Å². The van der Waals surface area contributed by atoms with E-state index in [0.717, 1.165) is 30.2 Å². The van der Waals surface area contributed by atoms with Gasteiger partial charge in [-0.3, -0.25) is 4.79 Å². The van der Waals surface area contributed by atoms with Crippen LogP contribution >= 0.6 is 0 Å². The number of hydrogen-bond donors (Lipinski definition) is 0. The monoisotopic (exact) mass is 394 g/mol. The van der Waals surface area contributed by atoms with E-state index in [1.54, 1.807) is 6.07 Å². The van der Waals surface area contributed by atoms with Crippen LogP contribution in [0.3, 0.4) is 0 Å². The maximum absolute atomic E-state index is 12.3. The standard InChI is InChI=1S/C25H30O4/c1-16(9-11-19-17(2)10-12-22(26)25(19,4)5)13-14-28-21-15-23(27)29-20-8-6-7-18(3)24(20)21/h6-8,13,15,19H,2,9-12,14H2,1,3-5H3/t19-/m1/s1. The molecule has 1 aromatic heterocycles. The molecule has 0 N–H and O–H groups in total. The van der Waals surface area contributed by atoms with Crippen molar-refractivity contribution in [2.75, 3.05) is 6.61 Å². The minimum absolute atomic E-state index is 0.221. The Bertz CT molecular complexity index is 1020. The van der Waals surface area contributed by atoms with Gasteiger partial charge < -0.3 is 9.15 Å². The molecule has 0 aliphatic heterocycles. The Morgan fingerprint density at radius 3 is 2.83 bits per heavy atom. The Balaban J connectivity index is 1.66. The van der Waals surface area contributed by atoms with Crippen molar-refractivity contribution < 1.29 is 13.9 Å². The molecule has 154 valence electrons. The lowest BCUT2D eigenvalue weighted by molar-refractivity contribution is -0.130. The number of benzene rings is 1. The van der Waals surface area contributed by atoms with E-state index in [4.69, 9.17) is 9.15 Å². The van der Waals surface area contributed by atoms with Gasteiger partial charge in [0.2, 0.25) is 0 Å². The van der Waals surface area contributed by atoms with Crippen LogP contribution in [0, 0.1) is 18.3 Å². The van der Waals surface area contributed by atoms with Crippen LogP contribution in [0.15, 0.2) is 57.3 Å². The number of rotatable bonds is 6. The van der Waals surface area contributed by atoms with E-state index in [0.29, 0.717) is 30.1 Å². The van der Waals surface area contributed by atoms with Crippen molar-refractivity contribution in [1.82, 2.24) is 0 Å². The molecule has 1 aliphatic rings. The average Bonchev–Trinajstić information content (AvgIpc) is 2.64. The van der Waals surface area contributed by atoms with Gasteiger partial charge >= 0.3 is 5.63 Å².